The smallest absolute Gasteiger partial charge is 0.258 e. The van der Waals surface area contributed by atoms with E-state index in [1.165, 1.54) is 12.8 Å². The number of nitrogens with zero attached hydrogens (tertiary/aromatic N) is 1. The third-order valence-electron chi connectivity index (χ3n) is 2.96. The summed E-state index contributed by atoms with van der Waals surface area (Å²) in [4.78, 5) is 11.3. The predicted octanol–water partition coefficient (Wildman–Crippen LogP) is 4.24. The van der Waals surface area contributed by atoms with Crippen LogP contribution in [0.4, 0.5) is 5.69 Å². The van der Waals surface area contributed by atoms with Crippen LogP contribution in [-0.4, -0.2) is 15.6 Å². The lowest BCUT2D eigenvalue weighted by molar-refractivity contribution is -0.387. The standard InChI is InChI=1S/C12H14ClNO2S/c13-9-5-1-3-7-11(9)17-12-8-4-2-6-10(12)14(15)16/h2,4,6,8-9,11H,1,3,5,7H2. The van der Waals surface area contributed by atoms with E-state index in [1.807, 2.05) is 6.07 Å². The Balaban J connectivity index is 2.14. The Kier molecular flexibility index (Phi) is 4.29. The van der Waals surface area contributed by atoms with Crippen molar-refractivity contribution in [1.29, 1.82) is 0 Å². The number of alkyl halides is 1. The van der Waals surface area contributed by atoms with Gasteiger partial charge >= 0.3 is 0 Å². The van der Waals surface area contributed by atoms with Crippen LogP contribution < -0.4 is 0 Å². The van der Waals surface area contributed by atoms with Crippen LogP contribution in [0.25, 0.3) is 0 Å². The summed E-state index contributed by atoms with van der Waals surface area (Å²) in [5.41, 5.74) is 0.187. The lowest BCUT2D eigenvalue weighted by atomic mass is 10.00. The molecule has 0 aliphatic heterocycles. The van der Waals surface area contributed by atoms with Gasteiger partial charge in [0.25, 0.3) is 5.69 Å². The predicted molar refractivity (Wildman–Crippen MR) is 70.9 cm³/mol. The molecule has 1 fully saturated rings. The average Bonchev–Trinajstić information content (AvgIpc) is 2.32. The van der Waals surface area contributed by atoms with E-state index in [9.17, 15) is 10.1 Å². The van der Waals surface area contributed by atoms with Crippen LogP contribution in [-0.2, 0) is 0 Å². The van der Waals surface area contributed by atoms with Gasteiger partial charge in [0.1, 0.15) is 0 Å². The molecule has 17 heavy (non-hydrogen) atoms. The van der Waals surface area contributed by atoms with E-state index in [0.29, 0.717) is 5.25 Å². The number of nitro groups is 1. The molecule has 1 aliphatic carbocycles. The van der Waals surface area contributed by atoms with Crippen molar-refractivity contribution >= 4 is 29.1 Å². The highest BCUT2D eigenvalue weighted by atomic mass is 35.5. The van der Waals surface area contributed by atoms with Gasteiger partial charge in [0, 0.05) is 16.7 Å². The molecule has 5 heteroatoms. The van der Waals surface area contributed by atoms with E-state index in [1.54, 1.807) is 30.0 Å². The summed E-state index contributed by atoms with van der Waals surface area (Å²) in [5.74, 6) is 0. The summed E-state index contributed by atoms with van der Waals surface area (Å²) < 4.78 is 0. The fourth-order valence-corrected chi connectivity index (χ4v) is 3.80. The summed E-state index contributed by atoms with van der Waals surface area (Å²) in [6.45, 7) is 0. The number of para-hydroxylation sites is 1. The van der Waals surface area contributed by atoms with E-state index in [2.05, 4.69) is 0 Å². The molecule has 0 bridgehead atoms. The van der Waals surface area contributed by atoms with Crippen LogP contribution in [0.5, 0.6) is 0 Å². The zero-order chi connectivity index (χ0) is 12.3. The van der Waals surface area contributed by atoms with Gasteiger partial charge in [0.15, 0.2) is 0 Å². The zero-order valence-corrected chi connectivity index (χ0v) is 10.9. The van der Waals surface area contributed by atoms with Crippen molar-refractivity contribution in [2.45, 2.75) is 41.2 Å². The minimum Gasteiger partial charge on any atom is -0.258 e. The Morgan fingerprint density at radius 3 is 2.71 bits per heavy atom. The molecule has 2 unspecified atom stereocenters. The van der Waals surface area contributed by atoms with Crippen molar-refractivity contribution in [2.75, 3.05) is 0 Å². The van der Waals surface area contributed by atoms with E-state index >= 15 is 0 Å². The van der Waals surface area contributed by atoms with Crippen LogP contribution >= 0.6 is 23.4 Å². The lowest BCUT2D eigenvalue weighted by Gasteiger charge is -2.26. The third-order valence-corrected chi connectivity index (χ3v) is 5.10. The van der Waals surface area contributed by atoms with Gasteiger partial charge in [-0.25, -0.2) is 0 Å². The molecule has 0 N–H and O–H groups in total. The van der Waals surface area contributed by atoms with E-state index in [0.717, 1.165) is 17.7 Å². The van der Waals surface area contributed by atoms with Crippen molar-refractivity contribution in [1.82, 2.24) is 0 Å². The van der Waals surface area contributed by atoms with Gasteiger partial charge in [-0.05, 0) is 18.9 Å². The number of benzene rings is 1. The second-order valence-corrected chi connectivity index (χ2v) is 6.02. The van der Waals surface area contributed by atoms with Gasteiger partial charge in [0.2, 0.25) is 0 Å². The van der Waals surface area contributed by atoms with Gasteiger partial charge in [-0.15, -0.1) is 23.4 Å². The van der Waals surface area contributed by atoms with Crippen molar-refractivity contribution in [3.63, 3.8) is 0 Å². The minimum absolute atomic E-state index is 0.133. The van der Waals surface area contributed by atoms with E-state index < -0.39 is 0 Å². The first-order valence-electron chi connectivity index (χ1n) is 5.72. The number of halogens is 1. The first kappa shape index (κ1) is 12.7. The van der Waals surface area contributed by atoms with Crippen molar-refractivity contribution in [2.24, 2.45) is 0 Å². The molecule has 0 aromatic heterocycles. The third kappa shape index (κ3) is 3.13. The Morgan fingerprint density at radius 2 is 2.00 bits per heavy atom. The summed E-state index contributed by atoms with van der Waals surface area (Å²) in [6.07, 6.45) is 4.40. The van der Waals surface area contributed by atoms with Crippen LogP contribution in [0, 0.1) is 10.1 Å². The summed E-state index contributed by atoms with van der Waals surface area (Å²) >= 11 is 7.83. The topological polar surface area (TPSA) is 43.1 Å². The lowest BCUT2D eigenvalue weighted by Crippen LogP contribution is -2.21. The summed E-state index contributed by atoms with van der Waals surface area (Å²) in [5, 5.41) is 11.3. The van der Waals surface area contributed by atoms with Gasteiger partial charge in [0.05, 0.1) is 9.82 Å². The molecule has 2 rings (SSSR count). The maximum atomic E-state index is 10.9. The van der Waals surface area contributed by atoms with Gasteiger partial charge < -0.3 is 0 Å². The molecule has 0 amide bonds. The van der Waals surface area contributed by atoms with Crippen LogP contribution in [0.1, 0.15) is 25.7 Å². The highest BCUT2D eigenvalue weighted by molar-refractivity contribution is 8.00. The first-order chi connectivity index (χ1) is 8.18. The summed E-state index contributed by atoms with van der Waals surface area (Å²) in [6, 6.07) is 6.89. The molecular weight excluding hydrogens is 258 g/mol. The van der Waals surface area contributed by atoms with Crippen molar-refractivity contribution < 1.29 is 4.92 Å². The molecule has 0 spiro atoms. The van der Waals surface area contributed by atoms with Crippen molar-refractivity contribution in [3.05, 3.63) is 34.4 Å². The first-order valence-corrected chi connectivity index (χ1v) is 7.04. The number of hydrogen-bond donors (Lipinski definition) is 0. The maximum absolute atomic E-state index is 10.9. The zero-order valence-electron chi connectivity index (χ0n) is 9.34. The van der Waals surface area contributed by atoms with Crippen LogP contribution in [0.2, 0.25) is 0 Å². The van der Waals surface area contributed by atoms with Gasteiger partial charge in [-0.1, -0.05) is 25.0 Å². The molecule has 0 saturated heterocycles. The second kappa shape index (κ2) is 5.74. The second-order valence-electron chi connectivity index (χ2n) is 4.18. The van der Waals surface area contributed by atoms with E-state index in [-0.39, 0.29) is 16.0 Å². The Labute approximate surface area is 110 Å². The minimum atomic E-state index is -0.325. The molecule has 1 aromatic rings. The molecule has 92 valence electrons. The van der Waals surface area contributed by atoms with Gasteiger partial charge in [-0.3, -0.25) is 10.1 Å². The average molecular weight is 272 g/mol. The van der Waals surface area contributed by atoms with Crippen LogP contribution in [0.15, 0.2) is 29.2 Å². The number of hydrogen-bond acceptors (Lipinski definition) is 3. The summed E-state index contributed by atoms with van der Waals surface area (Å²) in [7, 11) is 0. The molecular formula is C12H14ClNO2S. The Morgan fingerprint density at radius 1 is 1.29 bits per heavy atom. The molecule has 1 saturated carbocycles. The highest BCUT2D eigenvalue weighted by Gasteiger charge is 2.26. The quantitative estimate of drug-likeness (QED) is 0.469. The fraction of sp³-hybridized carbons (Fsp3) is 0.500. The molecule has 2 atom stereocenters. The van der Waals surface area contributed by atoms with Crippen LogP contribution in [0.3, 0.4) is 0 Å². The normalized spacial score (nSPS) is 24.5. The molecule has 3 nitrogen and oxygen atoms in total. The molecule has 0 radical (unpaired) electrons. The SMILES string of the molecule is O=[N+]([O-])c1ccccc1SC1CCCCC1Cl. The molecule has 1 aromatic carbocycles. The Bertz CT molecular complexity index is 413. The maximum Gasteiger partial charge on any atom is 0.282 e. The fourth-order valence-electron chi connectivity index (χ4n) is 2.06. The van der Waals surface area contributed by atoms with Gasteiger partial charge in [-0.2, -0.15) is 0 Å². The van der Waals surface area contributed by atoms with E-state index in [4.69, 9.17) is 11.6 Å². The monoisotopic (exact) mass is 271 g/mol. The largest absolute Gasteiger partial charge is 0.282 e. The number of rotatable bonds is 3. The number of thioether (sulfide) groups is 1. The number of nitro benzene ring substituents is 1. The molecule has 1 aliphatic rings. The Hall–Kier alpha value is -0.740. The highest BCUT2D eigenvalue weighted by Crippen LogP contribution is 2.39. The molecule has 0 heterocycles. The van der Waals surface area contributed by atoms with Crippen molar-refractivity contribution in [3.8, 4) is 0 Å².